The number of carbonyl (C=O) groups is 1. The van der Waals surface area contributed by atoms with E-state index < -0.39 is 9.84 Å². The maximum atomic E-state index is 12.7. The molecule has 8 nitrogen and oxygen atoms in total. The Labute approximate surface area is 183 Å². The summed E-state index contributed by atoms with van der Waals surface area (Å²) in [4.78, 5) is 30.1. The van der Waals surface area contributed by atoms with E-state index in [1.54, 1.807) is 24.5 Å². The van der Waals surface area contributed by atoms with Crippen LogP contribution in [0.15, 0.2) is 35.6 Å². The van der Waals surface area contributed by atoms with E-state index in [1.807, 2.05) is 4.90 Å². The second kappa shape index (κ2) is 8.90. The third-order valence-corrected chi connectivity index (χ3v) is 7.32. The van der Waals surface area contributed by atoms with Gasteiger partial charge in [-0.15, -0.1) is 0 Å². The molecule has 4 rings (SSSR count). The van der Waals surface area contributed by atoms with Crippen molar-refractivity contribution in [3.8, 4) is 0 Å². The van der Waals surface area contributed by atoms with E-state index in [4.69, 9.17) is 4.98 Å². The summed E-state index contributed by atoms with van der Waals surface area (Å²) < 4.78 is 24.9. The zero-order chi connectivity index (χ0) is 22.0. The second-order valence-corrected chi connectivity index (χ2v) is 10.7. The van der Waals surface area contributed by atoms with Crippen LogP contribution in [0, 0.1) is 5.92 Å². The van der Waals surface area contributed by atoms with Gasteiger partial charge in [-0.25, -0.2) is 18.4 Å². The monoisotopic (exact) mass is 443 g/mol. The molecule has 2 aromatic heterocycles. The van der Waals surface area contributed by atoms with E-state index in [1.165, 1.54) is 18.9 Å². The Morgan fingerprint density at radius 1 is 1.10 bits per heavy atom. The van der Waals surface area contributed by atoms with Crippen molar-refractivity contribution in [3.63, 3.8) is 0 Å². The lowest BCUT2D eigenvalue weighted by Gasteiger charge is -2.34. The summed E-state index contributed by atoms with van der Waals surface area (Å²) in [6.07, 6.45) is 9.53. The molecule has 1 amide bonds. The second-order valence-electron chi connectivity index (χ2n) is 8.69. The normalized spacial score (nSPS) is 20.6. The van der Waals surface area contributed by atoms with Crippen molar-refractivity contribution >= 4 is 21.7 Å². The molecule has 1 atom stereocenters. The summed E-state index contributed by atoms with van der Waals surface area (Å²) in [5.74, 6) is 1.15. The summed E-state index contributed by atoms with van der Waals surface area (Å²) in [5, 5.41) is 0. The first-order valence-corrected chi connectivity index (χ1v) is 12.7. The van der Waals surface area contributed by atoms with E-state index >= 15 is 0 Å². The Hall–Kier alpha value is -2.55. The molecule has 0 spiro atoms. The highest BCUT2D eigenvalue weighted by Crippen LogP contribution is 2.33. The van der Waals surface area contributed by atoms with E-state index in [-0.39, 0.29) is 16.7 Å². The van der Waals surface area contributed by atoms with Gasteiger partial charge < -0.3 is 9.80 Å². The van der Waals surface area contributed by atoms with Crippen LogP contribution in [0.4, 0.5) is 5.95 Å². The fourth-order valence-electron chi connectivity index (χ4n) is 4.51. The van der Waals surface area contributed by atoms with Crippen LogP contribution in [0.3, 0.4) is 0 Å². The molecule has 4 heterocycles. The van der Waals surface area contributed by atoms with Crippen LogP contribution < -0.4 is 4.90 Å². The van der Waals surface area contributed by atoms with Gasteiger partial charge in [0.25, 0.3) is 5.91 Å². The Morgan fingerprint density at radius 2 is 1.81 bits per heavy atom. The molecule has 0 aliphatic carbocycles. The standard InChI is InChI=1S/C22H29N5O3S/c1-16-4-3-11-27(15-16)22-24-14-19(31(2,29)30)20(25-22)17-7-12-26(13-8-17)21(28)18-5-9-23-10-6-18/h5-6,9-10,14,16-17H,3-4,7-8,11-13,15H2,1-2H3/t16-/m0/s1. The van der Waals surface area contributed by atoms with Gasteiger partial charge in [0.2, 0.25) is 5.95 Å². The van der Waals surface area contributed by atoms with Crippen LogP contribution >= 0.6 is 0 Å². The maximum Gasteiger partial charge on any atom is 0.253 e. The molecule has 31 heavy (non-hydrogen) atoms. The molecule has 0 radical (unpaired) electrons. The van der Waals surface area contributed by atoms with Crippen molar-refractivity contribution in [2.75, 3.05) is 37.3 Å². The van der Waals surface area contributed by atoms with Gasteiger partial charge >= 0.3 is 0 Å². The van der Waals surface area contributed by atoms with Crippen LogP contribution in [0.25, 0.3) is 0 Å². The number of anilines is 1. The van der Waals surface area contributed by atoms with Gasteiger partial charge in [0.1, 0.15) is 4.90 Å². The molecule has 2 fully saturated rings. The number of aromatic nitrogens is 3. The number of likely N-dealkylation sites (tertiary alicyclic amines) is 1. The summed E-state index contributed by atoms with van der Waals surface area (Å²) in [6, 6.07) is 3.43. The third kappa shape index (κ3) is 4.87. The fraction of sp³-hybridized carbons (Fsp3) is 0.545. The van der Waals surface area contributed by atoms with Crippen molar-refractivity contribution in [1.82, 2.24) is 19.9 Å². The van der Waals surface area contributed by atoms with E-state index in [9.17, 15) is 13.2 Å². The summed E-state index contributed by atoms with van der Waals surface area (Å²) in [5.41, 5.74) is 1.22. The Balaban J connectivity index is 1.55. The molecule has 0 bridgehead atoms. The molecule has 2 aromatic rings. The highest BCUT2D eigenvalue weighted by Gasteiger charge is 2.30. The minimum Gasteiger partial charge on any atom is -0.341 e. The molecule has 9 heteroatoms. The van der Waals surface area contributed by atoms with Crippen LogP contribution in [0.5, 0.6) is 0 Å². The quantitative estimate of drug-likeness (QED) is 0.716. The first kappa shape index (κ1) is 21.7. The van der Waals surface area contributed by atoms with E-state index in [2.05, 4.69) is 21.8 Å². The Bertz CT molecular complexity index is 1040. The first-order chi connectivity index (χ1) is 14.8. The lowest BCUT2D eigenvalue weighted by atomic mass is 9.93. The van der Waals surface area contributed by atoms with Crippen LogP contribution in [-0.4, -0.2) is 66.6 Å². The van der Waals surface area contributed by atoms with Gasteiger partial charge in [-0.2, -0.15) is 0 Å². The lowest BCUT2D eigenvalue weighted by molar-refractivity contribution is 0.0711. The highest BCUT2D eigenvalue weighted by atomic mass is 32.2. The van der Waals surface area contributed by atoms with Gasteiger partial charge in [-0.05, 0) is 43.7 Å². The molecule has 2 saturated heterocycles. The number of hydrogen-bond donors (Lipinski definition) is 0. The average molecular weight is 444 g/mol. The molecular weight excluding hydrogens is 414 g/mol. The van der Waals surface area contributed by atoms with Crippen molar-refractivity contribution in [1.29, 1.82) is 0 Å². The SMILES string of the molecule is C[C@H]1CCCN(c2ncc(S(C)(=O)=O)c(C3CCN(C(=O)c4ccncc4)CC3)n2)C1. The van der Waals surface area contributed by atoms with Gasteiger partial charge in [-0.1, -0.05) is 6.92 Å². The lowest BCUT2D eigenvalue weighted by Crippen LogP contribution is -2.39. The molecule has 2 aliphatic heterocycles. The predicted octanol–water partition coefficient (Wildman–Crippen LogP) is 2.53. The molecule has 0 N–H and O–H groups in total. The molecule has 2 aliphatic rings. The maximum absolute atomic E-state index is 12.7. The molecule has 0 saturated carbocycles. The number of pyridine rings is 1. The first-order valence-electron chi connectivity index (χ1n) is 10.8. The number of carbonyl (C=O) groups excluding carboxylic acids is 1. The fourth-order valence-corrected chi connectivity index (χ4v) is 5.35. The third-order valence-electron chi connectivity index (χ3n) is 6.21. The number of amides is 1. The molecular formula is C22H29N5O3S. The van der Waals surface area contributed by atoms with Crippen molar-refractivity contribution in [2.24, 2.45) is 5.92 Å². The summed E-state index contributed by atoms with van der Waals surface area (Å²) in [7, 11) is -3.44. The van der Waals surface area contributed by atoms with E-state index in [0.717, 1.165) is 19.5 Å². The van der Waals surface area contributed by atoms with Crippen LogP contribution in [-0.2, 0) is 9.84 Å². The highest BCUT2D eigenvalue weighted by molar-refractivity contribution is 7.90. The van der Waals surface area contributed by atoms with Gasteiger partial charge in [0.05, 0.1) is 11.9 Å². The minimum absolute atomic E-state index is 0.0184. The molecule has 0 unspecified atom stereocenters. The zero-order valence-corrected chi connectivity index (χ0v) is 18.9. The molecule has 166 valence electrons. The zero-order valence-electron chi connectivity index (χ0n) is 18.1. The van der Waals surface area contributed by atoms with Crippen LogP contribution in [0.1, 0.15) is 54.6 Å². The summed E-state index contributed by atoms with van der Waals surface area (Å²) >= 11 is 0. The number of nitrogens with zero attached hydrogens (tertiary/aromatic N) is 5. The van der Waals surface area contributed by atoms with E-state index in [0.29, 0.717) is 49.1 Å². The number of rotatable bonds is 4. The summed E-state index contributed by atoms with van der Waals surface area (Å²) in [6.45, 7) is 5.12. The minimum atomic E-state index is -3.44. The van der Waals surface area contributed by atoms with Gasteiger partial charge in [0, 0.05) is 56.3 Å². The Kier molecular flexibility index (Phi) is 6.22. The number of sulfone groups is 1. The smallest absolute Gasteiger partial charge is 0.253 e. The largest absolute Gasteiger partial charge is 0.341 e. The van der Waals surface area contributed by atoms with Gasteiger partial charge in [-0.3, -0.25) is 9.78 Å². The van der Waals surface area contributed by atoms with Crippen LogP contribution in [0.2, 0.25) is 0 Å². The Morgan fingerprint density at radius 3 is 2.45 bits per heavy atom. The van der Waals surface area contributed by atoms with Crippen molar-refractivity contribution in [2.45, 2.75) is 43.4 Å². The number of hydrogen-bond acceptors (Lipinski definition) is 7. The molecule has 0 aromatic carbocycles. The van der Waals surface area contributed by atoms with Crippen molar-refractivity contribution in [3.05, 3.63) is 42.0 Å². The number of piperidine rings is 2. The average Bonchev–Trinajstić information content (AvgIpc) is 2.78. The topological polar surface area (TPSA) is 96.4 Å². The van der Waals surface area contributed by atoms with Gasteiger partial charge in [0.15, 0.2) is 9.84 Å². The predicted molar refractivity (Wildman–Crippen MR) is 118 cm³/mol. The van der Waals surface area contributed by atoms with Crippen molar-refractivity contribution < 1.29 is 13.2 Å².